The monoisotopic (exact) mass is 397 g/mol. The molecule has 0 atom stereocenters. The van der Waals surface area contributed by atoms with Crippen molar-refractivity contribution >= 4 is 32.6 Å². The number of aromatic nitrogens is 4. The quantitative estimate of drug-likeness (QED) is 0.516. The van der Waals surface area contributed by atoms with Crippen LogP contribution in [0, 0.1) is 5.82 Å². The van der Waals surface area contributed by atoms with Crippen LogP contribution in [0.25, 0.3) is 10.2 Å². The van der Waals surface area contributed by atoms with Crippen LogP contribution in [0.15, 0.2) is 48.8 Å². The van der Waals surface area contributed by atoms with E-state index in [-0.39, 0.29) is 23.8 Å². The highest BCUT2D eigenvalue weighted by molar-refractivity contribution is 7.22. The van der Waals surface area contributed by atoms with Crippen molar-refractivity contribution < 1.29 is 13.9 Å². The Balaban J connectivity index is 1.81. The number of nitrogens with zero attached hydrogens (tertiary/aromatic N) is 5. The number of rotatable bonds is 5. The summed E-state index contributed by atoms with van der Waals surface area (Å²) in [6, 6.07) is 10.2. The fourth-order valence-electron chi connectivity index (χ4n) is 2.81. The van der Waals surface area contributed by atoms with Crippen molar-refractivity contribution in [3.63, 3.8) is 0 Å². The van der Waals surface area contributed by atoms with Gasteiger partial charge in [-0.1, -0.05) is 23.5 Å². The summed E-state index contributed by atoms with van der Waals surface area (Å²) in [5.41, 5.74) is 1.21. The fourth-order valence-corrected chi connectivity index (χ4v) is 3.79. The number of hydrogen-bond acceptors (Lipinski definition) is 6. The number of halogens is 1. The number of fused-ring (bicyclic) bond motifs is 1. The summed E-state index contributed by atoms with van der Waals surface area (Å²) in [6.45, 7) is 0.180. The maximum absolute atomic E-state index is 14.1. The van der Waals surface area contributed by atoms with Crippen LogP contribution in [-0.2, 0) is 13.6 Å². The maximum Gasteiger partial charge on any atom is 0.267 e. The Morgan fingerprint density at radius 1 is 1.29 bits per heavy atom. The molecule has 0 N–H and O–H groups in total. The first-order chi connectivity index (χ1) is 13.6. The molecule has 0 saturated carbocycles. The molecule has 9 heteroatoms. The highest BCUT2D eigenvalue weighted by Crippen LogP contribution is 2.32. The van der Waals surface area contributed by atoms with E-state index in [0.717, 1.165) is 0 Å². The van der Waals surface area contributed by atoms with Gasteiger partial charge in [-0.15, -0.1) is 5.10 Å². The molecule has 7 nitrogen and oxygen atoms in total. The van der Waals surface area contributed by atoms with E-state index in [0.29, 0.717) is 21.1 Å². The molecule has 0 bridgehead atoms. The highest BCUT2D eigenvalue weighted by Gasteiger charge is 2.27. The van der Waals surface area contributed by atoms with Gasteiger partial charge in [-0.25, -0.2) is 9.37 Å². The summed E-state index contributed by atoms with van der Waals surface area (Å²) < 4.78 is 21.5. The lowest BCUT2D eigenvalue weighted by Gasteiger charge is -2.19. The van der Waals surface area contributed by atoms with Gasteiger partial charge in [-0.3, -0.25) is 19.4 Å². The van der Waals surface area contributed by atoms with Crippen LogP contribution >= 0.6 is 11.3 Å². The van der Waals surface area contributed by atoms with Gasteiger partial charge in [0.05, 0.1) is 24.0 Å². The molecular weight excluding hydrogens is 381 g/mol. The first kappa shape index (κ1) is 18.1. The number of carbonyl (C=O) groups is 1. The Bertz CT molecular complexity index is 1140. The summed E-state index contributed by atoms with van der Waals surface area (Å²) in [5.74, 6) is -0.565. The van der Waals surface area contributed by atoms with Crippen LogP contribution in [0.4, 0.5) is 9.52 Å². The number of thiazole rings is 1. The molecule has 142 valence electrons. The van der Waals surface area contributed by atoms with Crippen molar-refractivity contribution in [2.45, 2.75) is 6.54 Å². The number of amides is 1. The van der Waals surface area contributed by atoms with Gasteiger partial charge in [0.15, 0.2) is 5.13 Å². The Morgan fingerprint density at radius 3 is 2.86 bits per heavy atom. The van der Waals surface area contributed by atoms with E-state index in [1.807, 2.05) is 12.1 Å². The molecule has 3 heterocycles. The molecule has 0 spiro atoms. The van der Waals surface area contributed by atoms with Gasteiger partial charge in [-0.05, 0) is 24.3 Å². The van der Waals surface area contributed by atoms with Crippen molar-refractivity contribution in [3.05, 3.63) is 65.9 Å². The minimum absolute atomic E-state index is 0.180. The average molecular weight is 397 g/mol. The third kappa shape index (κ3) is 3.31. The van der Waals surface area contributed by atoms with Crippen molar-refractivity contribution in [2.75, 3.05) is 12.0 Å². The Hall–Kier alpha value is -3.33. The topological polar surface area (TPSA) is 73.1 Å². The van der Waals surface area contributed by atoms with E-state index in [9.17, 15) is 9.18 Å². The summed E-state index contributed by atoms with van der Waals surface area (Å²) in [5, 5.41) is 4.52. The number of methoxy groups -OCH3 is 1. The minimum atomic E-state index is -0.427. The molecule has 4 rings (SSSR count). The Morgan fingerprint density at radius 2 is 2.14 bits per heavy atom. The molecule has 0 fully saturated rings. The van der Waals surface area contributed by atoms with Crippen molar-refractivity contribution in [1.29, 1.82) is 0 Å². The molecule has 0 saturated heterocycles. The number of aryl methyl sites for hydroxylation is 1. The SMILES string of the molecule is COc1nn(C)cc1C(=O)N(Cc1ccccn1)c1nc2c(F)cccc2s1. The van der Waals surface area contributed by atoms with Crippen LogP contribution < -0.4 is 9.64 Å². The second-order valence-electron chi connectivity index (χ2n) is 6.02. The fraction of sp³-hybridized carbons (Fsp3) is 0.158. The van der Waals surface area contributed by atoms with E-state index < -0.39 is 5.82 Å². The molecule has 1 aromatic carbocycles. The number of para-hydroxylation sites is 1. The van der Waals surface area contributed by atoms with Gasteiger partial charge >= 0.3 is 0 Å². The maximum atomic E-state index is 14.1. The summed E-state index contributed by atoms with van der Waals surface area (Å²) in [6.07, 6.45) is 3.24. The van der Waals surface area contributed by atoms with Crippen LogP contribution in [0.5, 0.6) is 5.88 Å². The third-order valence-corrected chi connectivity index (χ3v) is 5.14. The largest absolute Gasteiger partial charge is 0.479 e. The zero-order valence-corrected chi connectivity index (χ0v) is 16.0. The van der Waals surface area contributed by atoms with E-state index in [1.165, 1.54) is 34.1 Å². The van der Waals surface area contributed by atoms with E-state index in [4.69, 9.17) is 4.74 Å². The predicted octanol–water partition coefficient (Wildman–Crippen LogP) is 3.42. The number of pyridine rings is 1. The standard InChI is InChI=1S/C19H16FN5O2S/c1-24-11-13(17(23-24)27-2)18(26)25(10-12-6-3-4-9-21-12)19-22-16-14(20)7-5-8-15(16)28-19/h3-9,11H,10H2,1-2H3. The molecule has 0 aliphatic carbocycles. The first-order valence-corrected chi connectivity index (χ1v) is 9.23. The van der Waals surface area contributed by atoms with Crippen molar-refractivity contribution in [1.82, 2.24) is 19.7 Å². The third-order valence-electron chi connectivity index (χ3n) is 4.10. The first-order valence-electron chi connectivity index (χ1n) is 8.41. The normalized spacial score (nSPS) is 11.0. The predicted molar refractivity (Wildman–Crippen MR) is 104 cm³/mol. The van der Waals surface area contributed by atoms with Crippen molar-refractivity contribution in [2.24, 2.45) is 7.05 Å². The molecule has 1 amide bonds. The number of benzene rings is 1. The summed E-state index contributed by atoms with van der Waals surface area (Å²) in [4.78, 5) is 23.5. The smallest absolute Gasteiger partial charge is 0.267 e. The van der Waals surface area contributed by atoms with Crippen LogP contribution in [-0.4, -0.2) is 32.8 Å². The summed E-state index contributed by atoms with van der Waals surface area (Å²) in [7, 11) is 3.16. The van der Waals surface area contributed by atoms with Crippen molar-refractivity contribution in [3.8, 4) is 5.88 Å². The van der Waals surface area contributed by atoms with E-state index in [1.54, 1.807) is 37.6 Å². The molecule has 28 heavy (non-hydrogen) atoms. The molecule has 0 aliphatic heterocycles. The molecular formula is C19H16FN5O2S. The minimum Gasteiger partial charge on any atom is -0.479 e. The number of anilines is 1. The highest BCUT2D eigenvalue weighted by atomic mass is 32.1. The van der Waals surface area contributed by atoms with Gasteiger partial charge in [-0.2, -0.15) is 0 Å². The van der Waals surface area contributed by atoms with Gasteiger partial charge in [0.1, 0.15) is 16.9 Å². The van der Waals surface area contributed by atoms with Crippen LogP contribution in [0.2, 0.25) is 0 Å². The zero-order chi connectivity index (χ0) is 19.7. The number of hydrogen-bond donors (Lipinski definition) is 0. The van der Waals surface area contributed by atoms with Gasteiger partial charge in [0.25, 0.3) is 5.91 Å². The average Bonchev–Trinajstić information content (AvgIpc) is 3.30. The Kier molecular flexibility index (Phi) is 4.74. The van der Waals surface area contributed by atoms with Crippen LogP contribution in [0.1, 0.15) is 16.1 Å². The lowest BCUT2D eigenvalue weighted by molar-refractivity contribution is 0.0982. The summed E-state index contributed by atoms with van der Waals surface area (Å²) >= 11 is 1.24. The van der Waals surface area contributed by atoms with Gasteiger partial charge in [0, 0.05) is 19.4 Å². The number of carbonyl (C=O) groups excluding carboxylic acids is 1. The van der Waals surface area contributed by atoms with Crippen LogP contribution in [0.3, 0.4) is 0 Å². The lowest BCUT2D eigenvalue weighted by atomic mass is 10.2. The molecule has 4 aromatic rings. The van der Waals surface area contributed by atoms with Gasteiger partial charge < -0.3 is 4.74 Å². The molecule has 0 radical (unpaired) electrons. The number of ether oxygens (including phenoxy) is 1. The molecule has 0 unspecified atom stereocenters. The second kappa shape index (κ2) is 7.35. The zero-order valence-electron chi connectivity index (χ0n) is 15.2. The second-order valence-corrected chi connectivity index (χ2v) is 7.03. The molecule has 0 aliphatic rings. The molecule has 3 aromatic heterocycles. The van der Waals surface area contributed by atoms with E-state index >= 15 is 0 Å². The van der Waals surface area contributed by atoms with Gasteiger partial charge in [0.2, 0.25) is 5.88 Å². The van der Waals surface area contributed by atoms with E-state index in [2.05, 4.69) is 15.1 Å². The lowest BCUT2D eigenvalue weighted by Crippen LogP contribution is -2.30. The Labute approximate surface area is 164 Å².